The third-order valence-electron chi connectivity index (χ3n) is 5.52. The number of benzene rings is 2. The molecule has 1 aliphatic rings. The summed E-state index contributed by atoms with van der Waals surface area (Å²) in [6.07, 6.45) is 1.43. The van der Waals surface area contributed by atoms with Crippen molar-refractivity contribution in [1.29, 1.82) is 0 Å². The maximum atomic E-state index is 12.6. The van der Waals surface area contributed by atoms with Gasteiger partial charge in [-0.05, 0) is 61.7 Å². The van der Waals surface area contributed by atoms with Gasteiger partial charge in [-0.15, -0.1) is 11.8 Å². The second-order valence-electron chi connectivity index (χ2n) is 7.32. The van der Waals surface area contributed by atoms with Gasteiger partial charge in [0, 0.05) is 17.0 Å². The summed E-state index contributed by atoms with van der Waals surface area (Å²) in [6, 6.07) is 14.9. The van der Waals surface area contributed by atoms with Crippen molar-refractivity contribution in [3.63, 3.8) is 0 Å². The van der Waals surface area contributed by atoms with Crippen molar-refractivity contribution in [3.05, 3.63) is 54.1 Å². The summed E-state index contributed by atoms with van der Waals surface area (Å²) in [7, 11) is 1.62. The Labute approximate surface area is 180 Å². The standard InChI is InChI=1S/C23H26N2O4S/c1-4-23(14-13-20(26)25-22(23)28)16-5-7-17(8-6-16)24-21(27)15(2)30-19-11-9-18(29-3)10-12-19/h5-12,15H,4,13-14H2,1-3H3,(H,24,27)(H,25,26,28). The van der Waals surface area contributed by atoms with Crippen LogP contribution in [-0.4, -0.2) is 30.1 Å². The largest absolute Gasteiger partial charge is 0.497 e. The normalized spacial score (nSPS) is 19.7. The van der Waals surface area contributed by atoms with Crippen LogP contribution in [0.4, 0.5) is 5.69 Å². The van der Waals surface area contributed by atoms with Gasteiger partial charge in [0.2, 0.25) is 17.7 Å². The molecule has 0 saturated carbocycles. The Morgan fingerprint density at radius 2 is 1.83 bits per heavy atom. The first-order valence-electron chi connectivity index (χ1n) is 9.94. The number of carbonyl (C=O) groups is 3. The van der Waals surface area contributed by atoms with Crippen LogP contribution in [0.2, 0.25) is 0 Å². The lowest BCUT2D eigenvalue weighted by atomic mass is 9.72. The number of rotatable bonds is 7. The molecule has 3 amide bonds. The molecule has 2 aromatic carbocycles. The quantitative estimate of drug-likeness (QED) is 0.518. The van der Waals surface area contributed by atoms with Crippen LogP contribution in [0.15, 0.2) is 53.4 Å². The second kappa shape index (κ2) is 9.34. The fourth-order valence-electron chi connectivity index (χ4n) is 3.59. The number of anilines is 1. The minimum absolute atomic E-state index is 0.102. The zero-order valence-corrected chi connectivity index (χ0v) is 18.2. The van der Waals surface area contributed by atoms with Crippen LogP contribution in [0.5, 0.6) is 5.75 Å². The molecule has 1 fully saturated rings. The molecule has 0 radical (unpaired) electrons. The zero-order chi connectivity index (χ0) is 21.7. The predicted octanol–water partition coefficient (Wildman–Crippen LogP) is 3.90. The SMILES string of the molecule is CCC1(c2ccc(NC(=O)C(C)Sc3ccc(OC)cc3)cc2)CCC(=O)NC1=O. The highest BCUT2D eigenvalue weighted by Gasteiger charge is 2.42. The number of amides is 3. The van der Waals surface area contributed by atoms with Crippen molar-refractivity contribution < 1.29 is 19.1 Å². The molecule has 7 heteroatoms. The minimum atomic E-state index is -0.700. The molecule has 1 saturated heterocycles. The van der Waals surface area contributed by atoms with E-state index in [-0.39, 0.29) is 23.0 Å². The lowest BCUT2D eigenvalue weighted by Gasteiger charge is -2.35. The molecular formula is C23H26N2O4S. The first-order valence-corrected chi connectivity index (χ1v) is 10.8. The Bertz CT molecular complexity index is 927. The Balaban J connectivity index is 1.65. The number of piperidine rings is 1. The van der Waals surface area contributed by atoms with Gasteiger partial charge in [-0.3, -0.25) is 19.7 Å². The van der Waals surface area contributed by atoms with Crippen LogP contribution in [0.25, 0.3) is 0 Å². The number of carbonyl (C=O) groups excluding carboxylic acids is 3. The molecule has 2 atom stereocenters. The van der Waals surface area contributed by atoms with Gasteiger partial charge in [-0.2, -0.15) is 0 Å². The minimum Gasteiger partial charge on any atom is -0.497 e. The molecule has 30 heavy (non-hydrogen) atoms. The summed E-state index contributed by atoms with van der Waals surface area (Å²) < 4.78 is 5.15. The number of methoxy groups -OCH3 is 1. The van der Waals surface area contributed by atoms with Crippen LogP contribution in [0.1, 0.15) is 38.7 Å². The molecule has 3 rings (SSSR count). The summed E-state index contributed by atoms with van der Waals surface area (Å²) in [4.78, 5) is 37.6. The summed E-state index contributed by atoms with van der Waals surface area (Å²) >= 11 is 1.47. The van der Waals surface area contributed by atoms with Gasteiger partial charge in [0.05, 0.1) is 17.8 Å². The average Bonchev–Trinajstić information content (AvgIpc) is 2.75. The van der Waals surface area contributed by atoms with Crippen molar-refractivity contribution in [3.8, 4) is 5.75 Å². The molecule has 1 aliphatic heterocycles. The molecular weight excluding hydrogens is 400 g/mol. The van der Waals surface area contributed by atoms with Crippen molar-refractivity contribution in [2.75, 3.05) is 12.4 Å². The molecule has 0 aliphatic carbocycles. The fraction of sp³-hybridized carbons (Fsp3) is 0.348. The van der Waals surface area contributed by atoms with E-state index in [0.717, 1.165) is 16.2 Å². The Morgan fingerprint density at radius 3 is 2.40 bits per heavy atom. The van der Waals surface area contributed by atoms with Gasteiger partial charge in [-0.25, -0.2) is 0 Å². The molecule has 2 unspecified atom stereocenters. The summed E-state index contributed by atoms with van der Waals surface area (Å²) in [6.45, 7) is 3.80. The van der Waals surface area contributed by atoms with Crippen LogP contribution in [0.3, 0.4) is 0 Å². The van der Waals surface area contributed by atoms with E-state index in [0.29, 0.717) is 24.9 Å². The molecule has 2 N–H and O–H groups in total. The van der Waals surface area contributed by atoms with E-state index in [2.05, 4.69) is 10.6 Å². The van der Waals surface area contributed by atoms with Crippen LogP contribution in [0, 0.1) is 0 Å². The van der Waals surface area contributed by atoms with E-state index in [1.54, 1.807) is 19.2 Å². The highest BCUT2D eigenvalue weighted by molar-refractivity contribution is 8.00. The fourth-order valence-corrected chi connectivity index (χ4v) is 4.46. The highest BCUT2D eigenvalue weighted by atomic mass is 32.2. The number of imide groups is 1. The average molecular weight is 427 g/mol. The van der Waals surface area contributed by atoms with E-state index in [9.17, 15) is 14.4 Å². The molecule has 0 aromatic heterocycles. The van der Waals surface area contributed by atoms with Gasteiger partial charge < -0.3 is 10.1 Å². The van der Waals surface area contributed by atoms with E-state index >= 15 is 0 Å². The summed E-state index contributed by atoms with van der Waals surface area (Å²) in [5, 5.41) is 5.10. The van der Waals surface area contributed by atoms with E-state index in [4.69, 9.17) is 4.74 Å². The van der Waals surface area contributed by atoms with Crippen LogP contribution in [-0.2, 0) is 19.8 Å². The molecule has 0 spiro atoms. The smallest absolute Gasteiger partial charge is 0.237 e. The number of hydrogen-bond donors (Lipinski definition) is 2. The van der Waals surface area contributed by atoms with Gasteiger partial charge >= 0.3 is 0 Å². The Morgan fingerprint density at radius 1 is 1.17 bits per heavy atom. The molecule has 158 valence electrons. The topological polar surface area (TPSA) is 84.5 Å². The Hall–Kier alpha value is -2.80. The number of ether oxygens (including phenoxy) is 1. The highest BCUT2D eigenvalue weighted by Crippen LogP contribution is 2.36. The van der Waals surface area contributed by atoms with E-state index in [1.807, 2.05) is 50.2 Å². The van der Waals surface area contributed by atoms with Gasteiger partial charge in [-0.1, -0.05) is 19.1 Å². The van der Waals surface area contributed by atoms with Gasteiger partial charge in [0.15, 0.2) is 0 Å². The monoisotopic (exact) mass is 426 g/mol. The van der Waals surface area contributed by atoms with Gasteiger partial charge in [0.25, 0.3) is 0 Å². The van der Waals surface area contributed by atoms with Gasteiger partial charge in [0.1, 0.15) is 5.75 Å². The number of nitrogens with one attached hydrogen (secondary N) is 2. The number of hydrogen-bond acceptors (Lipinski definition) is 5. The predicted molar refractivity (Wildman–Crippen MR) is 118 cm³/mol. The van der Waals surface area contributed by atoms with Crippen molar-refractivity contribution in [1.82, 2.24) is 5.32 Å². The lowest BCUT2D eigenvalue weighted by molar-refractivity contribution is -0.138. The van der Waals surface area contributed by atoms with Crippen molar-refractivity contribution >= 4 is 35.2 Å². The molecule has 2 aromatic rings. The zero-order valence-electron chi connectivity index (χ0n) is 17.4. The van der Waals surface area contributed by atoms with Crippen molar-refractivity contribution in [2.45, 2.75) is 48.7 Å². The summed E-state index contributed by atoms with van der Waals surface area (Å²) in [5.41, 5.74) is 0.826. The third kappa shape index (κ3) is 4.67. The summed E-state index contributed by atoms with van der Waals surface area (Å²) in [5.74, 6) is 0.200. The van der Waals surface area contributed by atoms with E-state index in [1.165, 1.54) is 11.8 Å². The second-order valence-corrected chi connectivity index (χ2v) is 8.73. The van der Waals surface area contributed by atoms with Crippen LogP contribution < -0.4 is 15.4 Å². The third-order valence-corrected chi connectivity index (χ3v) is 6.63. The lowest BCUT2D eigenvalue weighted by Crippen LogP contribution is -2.51. The van der Waals surface area contributed by atoms with Crippen molar-refractivity contribution in [2.24, 2.45) is 0 Å². The van der Waals surface area contributed by atoms with Crippen LogP contribution >= 0.6 is 11.8 Å². The number of thioether (sulfide) groups is 1. The molecule has 1 heterocycles. The first-order chi connectivity index (χ1) is 14.4. The maximum Gasteiger partial charge on any atom is 0.237 e. The Kier molecular flexibility index (Phi) is 6.82. The molecule has 0 bridgehead atoms. The maximum absolute atomic E-state index is 12.6. The van der Waals surface area contributed by atoms with E-state index < -0.39 is 5.41 Å². The first kappa shape index (κ1) is 21.9. The molecule has 6 nitrogen and oxygen atoms in total.